The molecule has 0 aliphatic heterocycles. The summed E-state index contributed by atoms with van der Waals surface area (Å²) in [4.78, 5) is -0.0741. The number of unbranched alkanes of at least 4 members (excludes halogenated alkanes) is 5. The maximum absolute atomic E-state index is 10.4. The number of rotatable bonds is 8. The summed E-state index contributed by atoms with van der Waals surface area (Å²) < 4.78 is 30.4. The number of benzene rings is 1. The molecule has 5 heteroatoms. The van der Waals surface area contributed by atoms with Gasteiger partial charge < -0.3 is 4.48 Å². The summed E-state index contributed by atoms with van der Waals surface area (Å²) in [7, 11) is 2.81. The van der Waals surface area contributed by atoms with Crippen molar-refractivity contribution in [2.24, 2.45) is 0 Å². The Morgan fingerprint density at radius 3 is 1.82 bits per heavy atom. The van der Waals surface area contributed by atoms with Crippen LogP contribution in [0.4, 0.5) is 0 Å². The van der Waals surface area contributed by atoms with E-state index in [1.54, 1.807) is 18.2 Å². The zero-order valence-electron chi connectivity index (χ0n) is 14.5. The van der Waals surface area contributed by atoms with Crippen LogP contribution in [0.2, 0.25) is 0 Å². The van der Waals surface area contributed by atoms with Gasteiger partial charge >= 0.3 is 0 Å². The first-order valence-electron chi connectivity index (χ1n) is 8.00. The van der Waals surface area contributed by atoms with Crippen LogP contribution in [-0.4, -0.2) is 45.1 Å². The quantitative estimate of drug-likeness (QED) is 0.445. The van der Waals surface area contributed by atoms with E-state index >= 15 is 0 Å². The van der Waals surface area contributed by atoms with E-state index in [0.29, 0.717) is 0 Å². The fourth-order valence-electron chi connectivity index (χ4n) is 1.96. The predicted octanol–water partition coefficient (Wildman–Crippen LogP) is 3.99. The highest BCUT2D eigenvalue weighted by atomic mass is 32.2. The van der Waals surface area contributed by atoms with E-state index in [1.165, 1.54) is 57.2 Å². The van der Waals surface area contributed by atoms with E-state index in [4.69, 9.17) is 4.55 Å². The van der Waals surface area contributed by atoms with Crippen LogP contribution in [0, 0.1) is 0 Å². The first kappa shape index (κ1) is 21.1. The Bertz CT molecular complexity index is 478. The highest BCUT2D eigenvalue weighted by Crippen LogP contribution is 2.06. The van der Waals surface area contributed by atoms with Gasteiger partial charge in [-0.2, -0.15) is 8.42 Å². The fourth-order valence-corrected chi connectivity index (χ4v) is 2.46. The molecule has 0 bridgehead atoms. The molecule has 0 aliphatic carbocycles. The monoisotopic (exact) mass is 330 g/mol. The van der Waals surface area contributed by atoms with Crippen LogP contribution in [0.5, 0.6) is 0 Å². The standard InChI is InChI=1S/C11H26N.C6H6O3S/c1-5-6-7-8-9-10-11-12(2,3)4;7-10(8,9)6-4-2-1-3-5-6/h5-11H2,1-4H3;1-5H,(H,7,8,9)/q+1;. The second-order valence-corrected chi connectivity index (χ2v) is 7.99. The molecule has 0 saturated heterocycles. The minimum absolute atomic E-state index is 0.0741. The Balaban J connectivity index is 0.000000406. The smallest absolute Gasteiger partial charge is 0.294 e. The molecule has 22 heavy (non-hydrogen) atoms. The summed E-state index contributed by atoms with van der Waals surface area (Å²) >= 11 is 0. The summed E-state index contributed by atoms with van der Waals surface area (Å²) in [6.45, 7) is 3.60. The van der Waals surface area contributed by atoms with Crippen molar-refractivity contribution in [3.63, 3.8) is 0 Å². The lowest BCUT2D eigenvalue weighted by molar-refractivity contribution is -0.870. The predicted molar refractivity (Wildman–Crippen MR) is 92.5 cm³/mol. The van der Waals surface area contributed by atoms with Gasteiger partial charge in [-0.1, -0.05) is 50.8 Å². The van der Waals surface area contributed by atoms with Crippen LogP contribution in [0.25, 0.3) is 0 Å². The van der Waals surface area contributed by atoms with Crippen molar-refractivity contribution in [3.8, 4) is 0 Å². The Labute approximate surface area is 136 Å². The highest BCUT2D eigenvalue weighted by Gasteiger charge is 2.06. The van der Waals surface area contributed by atoms with Crippen molar-refractivity contribution in [2.75, 3.05) is 27.7 Å². The van der Waals surface area contributed by atoms with E-state index in [9.17, 15) is 8.42 Å². The van der Waals surface area contributed by atoms with Crippen LogP contribution < -0.4 is 0 Å². The topological polar surface area (TPSA) is 54.4 Å². The minimum Gasteiger partial charge on any atom is -0.331 e. The molecular weight excluding hydrogens is 298 g/mol. The molecule has 0 aliphatic rings. The molecule has 0 unspecified atom stereocenters. The lowest BCUT2D eigenvalue weighted by atomic mass is 10.1. The number of hydrogen-bond acceptors (Lipinski definition) is 2. The molecule has 0 atom stereocenters. The zero-order valence-corrected chi connectivity index (χ0v) is 15.3. The van der Waals surface area contributed by atoms with Crippen molar-refractivity contribution in [1.29, 1.82) is 0 Å². The normalized spacial score (nSPS) is 11.7. The first-order chi connectivity index (χ1) is 10.2. The SMILES string of the molecule is CCCCCCCC[N+](C)(C)C.O=S(=O)(O)c1ccccc1. The molecule has 0 saturated carbocycles. The zero-order chi connectivity index (χ0) is 17.1. The van der Waals surface area contributed by atoms with Crippen molar-refractivity contribution >= 4 is 10.1 Å². The minimum atomic E-state index is -4.00. The average molecular weight is 331 g/mol. The second kappa shape index (κ2) is 10.8. The molecule has 0 heterocycles. The number of quaternary nitrogens is 1. The Hall–Kier alpha value is -0.910. The first-order valence-corrected chi connectivity index (χ1v) is 9.44. The van der Waals surface area contributed by atoms with Gasteiger partial charge in [0.15, 0.2) is 0 Å². The van der Waals surface area contributed by atoms with Crippen LogP contribution in [-0.2, 0) is 10.1 Å². The van der Waals surface area contributed by atoms with Crippen molar-refractivity contribution in [1.82, 2.24) is 0 Å². The lowest BCUT2D eigenvalue weighted by Crippen LogP contribution is -2.35. The molecule has 0 amide bonds. The van der Waals surface area contributed by atoms with E-state index in [1.807, 2.05) is 0 Å². The van der Waals surface area contributed by atoms with Gasteiger partial charge in [0.05, 0.1) is 32.6 Å². The van der Waals surface area contributed by atoms with Gasteiger partial charge in [0.25, 0.3) is 10.1 Å². The van der Waals surface area contributed by atoms with Gasteiger partial charge in [-0.3, -0.25) is 4.55 Å². The Kier molecular flexibility index (Phi) is 10.3. The lowest BCUT2D eigenvalue weighted by Gasteiger charge is -2.23. The van der Waals surface area contributed by atoms with Gasteiger partial charge in [0.2, 0.25) is 0 Å². The molecule has 1 aromatic carbocycles. The summed E-state index contributed by atoms with van der Waals surface area (Å²) in [6, 6.07) is 7.42. The molecule has 0 spiro atoms. The molecule has 0 aromatic heterocycles. The van der Waals surface area contributed by atoms with Gasteiger partial charge in [0, 0.05) is 0 Å². The van der Waals surface area contributed by atoms with Gasteiger partial charge in [-0.05, 0) is 25.0 Å². The summed E-state index contributed by atoms with van der Waals surface area (Å²) in [5.74, 6) is 0. The van der Waals surface area contributed by atoms with Crippen molar-refractivity contribution in [3.05, 3.63) is 30.3 Å². The third-order valence-electron chi connectivity index (χ3n) is 3.22. The maximum Gasteiger partial charge on any atom is 0.294 e. The summed E-state index contributed by atoms with van der Waals surface area (Å²) in [5, 5.41) is 0. The molecule has 1 rings (SSSR count). The van der Waals surface area contributed by atoms with Gasteiger partial charge in [-0.15, -0.1) is 0 Å². The highest BCUT2D eigenvalue weighted by molar-refractivity contribution is 7.85. The molecular formula is C17H32NO3S+. The average Bonchev–Trinajstić information content (AvgIpc) is 2.42. The van der Waals surface area contributed by atoms with Crippen LogP contribution >= 0.6 is 0 Å². The molecule has 1 aromatic rings. The van der Waals surface area contributed by atoms with E-state index < -0.39 is 10.1 Å². The van der Waals surface area contributed by atoms with Crippen molar-refractivity contribution < 1.29 is 17.5 Å². The van der Waals surface area contributed by atoms with Crippen LogP contribution in [0.15, 0.2) is 35.2 Å². The molecule has 128 valence electrons. The van der Waals surface area contributed by atoms with E-state index in [0.717, 1.165) is 4.48 Å². The summed E-state index contributed by atoms with van der Waals surface area (Å²) in [6.07, 6.45) is 8.48. The van der Waals surface area contributed by atoms with E-state index in [2.05, 4.69) is 28.1 Å². The third-order valence-corrected chi connectivity index (χ3v) is 4.09. The maximum atomic E-state index is 10.4. The van der Waals surface area contributed by atoms with Crippen LogP contribution in [0.1, 0.15) is 45.4 Å². The fraction of sp³-hybridized carbons (Fsp3) is 0.647. The molecule has 0 fully saturated rings. The molecule has 0 radical (unpaired) electrons. The Morgan fingerprint density at radius 1 is 0.909 bits per heavy atom. The molecule has 1 N–H and O–H groups in total. The van der Waals surface area contributed by atoms with Gasteiger partial charge in [-0.25, -0.2) is 0 Å². The van der Waals surface area contributed by atoms with Crippen molar-refractivity contribution in [2.45, 2.75) is 50.3 Å². The number of nitrogens with zero attached hydrogens (tertiary/aromatic N) is 1. The second-order valence-electron chi connectivity index (χ2n) is 6.57. The number of hydrogen-bond donors (Lipinski definition) is 1. The van der Waals surface area contributed by atoms with Crippen LogP contribution in [0.3, 0.4) is 0 Å². The Morgan fingerprint density at radius 2 is 1.41 bits per heavy atom. The molecule has 4 nitrogen and oxygen atoms in total. The summed E-state index contributed by atoms with van der Waals surface area (Å²) in [5.41, 5.74) is 0. The third kappa shape index (κ3) is 12.8. The van der Waals surface area contributed by atoms with Gasteiger partial charge in [0.1, 0.15) is 0 Å². The van der Waals surface area contributed by atoms with E-state index in [-0.39, 0.29) is 4.90 Å². The largest absolute Gasteiger partial charge is 0.331 e.